The predicted octanol–water partition coefficient (Wildman–Crippen LogP) is 4.80. The van der Waals surface area contributed by atoms with Crippen molar-refractivity contribution in [2.45, 2.75) is 45.3 Å². The van der Waals surface area contributed by atoms with E-state index in [4.69, 9.17) is 16.3 Å². The molecule has 0 aromatic carbocycles. The number of hydrogen-bond donors (Lipinski definition) is 1. The van der Waals surface area contributed by atoms with E-state index in [1.54, 1.807) is 30.4 Å². The SMILES string of the molecule is Cc1nc(C)c(Cl)c(NCc2nccc(OCCCCSc3ncccn3)c2C)n1. The number of rotatable bonds is 10. The molecule has 0 unspecified atom stereocenters. The minimum absolute atomic E-state index is 0.506. The number of nitrogens with zero attached hydrogens (tertiary/aromatic N) is 5. The highest BCUT2D eigenvalue weighted by Crippen LogP contribution is 2.25. The van der Waals surface area contributed by atoms with E-state index in [1.807, 2.05) is 32.9 Å². The Morgan fingerprint density at radius 3 is 2.63 bits per heavy atom. The second kappa shape index (κ2) is 11.1. The summed E-state index contributed by atoms with van der Waals surface area (Å²) in [5.41, 5.74) is 2.66. The van der Waals surface area contributed by atoms with Crippen molar-refractivity contribution in [2.24, 2.45) is 0 Å². The summed E-state index contributed by atoms with van der Waals surface area (Å²) < 4.78 is 5.98. The van der Waals surface area contributed by atoms with Crippen molar-refractivity contribution < 1.29 is 4.74 Å². The van der Waals surface area contributed by atoms with E-state index >= 15 is 0 Å². The Hall–Kier alpha value is -2.45. The Bertz CT molecular complexity index is 973. The van der Waals surface area contributed by atoms with Crippen molar-refractivity contribution in [3.63, 3.8) is 0 Å². The van der Waals surface area contributed by atoms with Gasteiger partial charge in [0.05, 0.1) is 24.5 Å². The summed E-state index contributed by atoms with van der Waals surface area (Å²) in [5.74, 6) is 3.12. The number of pyridine rings is 1. The average molecular weight is 445 g/mol. The first-order chi connectivity index (χ1) is 14.5. The Morgan fingerprint density at radius 1 is 1.03 bits per heavy atom. The number of ether oxygens (including phenoxy) is 1. The lowest BCUT2D eigenvalue weighted by Crippen LogP contribution is -2.09. The third-order valence-corrected chi connectivity index (χ3v) is 5.79. The number of nitrogens with one attached hydrogen (secondary N) is 1. The minimum Gasteiger partial charge on any atom is -0.493 e. The predicted molar refractivity (Wildman–Crippen MR) is 120 cm³/mol. The van der Waals surface area contributed by atoms with Crippen LogP contribution in [0.2, 0.25) is 5.02 Å². The molecule has 0 atom stereocenters. The van der Waals surface area contributed by atoms with Gasteiger partial charge in [-0.15, -0.1) is 0 Å². The third-order valence-electron chi connectivity index (χ3n) is 4.38. The molecule has 0 fully saturated rings. The molecule has 0 saturated heterocycles. The van der Waals surface area contributed by atoms with Crippen LogP contribution in [0.1, 0.15) is 35.6 Å². The molecular formula is C21H25ClN6OS. The molecular weight excluding hydrogens is 420 g/mol. The lowest BCUT2D eigenvalue weighted by atomic mass is 10.2. The van der Waals surface area contributed by atoms with Crippen molar-refractivity contribution >= 4 is 29.2 Å². The molecule has 3 heterocycles. The van der Waals surface area contributed by atoms with E-state index < -0.39 is 0 Å². The Balaban J connectivity index is 1.47. The van der Waals surface area contributed by atoms with Crippen LogP contribution in [0, 0.1) is 20.8 Å². The molecule has 0 saturated carbocycles. The van der Waals surface area contributed by atoms with Crippen molar-refractivity contribution in [3.8, 4) is 5.75 Å². The second-order valence-corrected chi connectivity index (χ2v) is 8.13. The first kappa shape index (κ1) is 22.2. The van der Waals surface area contributed by atoms with Gasteiger partial charge in [-0.2, -0.15) is 0 Å². The maximum absolute atomic E-state index is 6.31. The standard InChI is InChI=1S/C21H25ClN6OS/c1-14-17(13-26-20-19(22)15(2)27-16(3)28-20)23-10-7-18(14)29-11-4-5-12-30-21-24-8-6-9-25-21/h6-10H,4-5,11-13H2,1-3H3,(H,26,27,28). The summed E-state index contributed by atoms with van der Waals surface area (Å²) in [6.45, 7) is 6.89. The van der Waals surface area contributed by atoms with Crippen molar-refractivity contribution in [2.75, 3.05) is 17.7 Å². The van der Waals surface area contributed by atoms with Gasteiger partial charge in [-0.05, 0) is 45.7 Å². The van der Waals surface area contributed by atoms with Gasteiger partial charge in [0.2, 0.25) is 0 Å². The van der Waals surface area contributed by atoms with Crippen LogP contribution in [0.15, 0.2) is 35.9 Å². The number of aryl methyl sites for hydroxylation is 2. The number of hydrogen-bond acceptors (Lipinski definition) is 8. The van der Waals surface area contributed by atoms with Crippen LogP contribution in [0.5, 0.6) is 5.75 Å². The van der Waals surface area contributed by atoms with E-state index in [2.05, 4.69) is 30.2 Å². The van der Waals surface area contributed by atoms with Crippen LogP contribution >= 0.6 is 23.4 Å². The first-order valence-electron chi connectivity index (χ1n) is 9.76. The van der Waals surface area contributed by atoms with Crippen LogP contribution < -0.4 is 10.1 Å². The molecule has 158 valence electrons. The highest BCUT2D eigenvalue weighted by molar-refractivity contribution is 7.99. The molecule has 0 bridgehead atoms. The fourth-order valence-corrected chi connectivity index (χ4v) is 3.74. The Labute approximate surface area is 186 Å². The Kier molecular flexibility index (Phi) is 8.21. The zero-order valence-corrected chi connectivity index (χ0v) is 18.9. The summed E-state index contributed by atoms with van der Waals surface area (Å²) in [6.07, 6.45) is 7.28. The molecule has 7 nitrogen and oxygen atoms in total. The van der Waals surface area contributed by atoms with E-state index in [0.29, 0.717) is 29.8 Å². The molecule has 3 rings (SSSR count). The van der Waals surface area contributed by atoms with Gasteiger partial charge in [0.15, 0.2) is 5.16 Å². The van der Waals surface area contributed by atoms with Gasteiger partial charge >= 0.3 is 0 Å². The van der Waals surface area contributed by atoms with E-state index in [-0.39, 0.29) is 0 Å². The van der Waals surface area contributed by atoms with E-state index in [1.165, 1.54) is 0 Å². The topological polar surface area (TPSA) is 85.7 Å². The third kappa shape index (κ3) is 6.27. The van der Waals surface area contributed by atoms with Crippen LogP contribution in [-0.4, -0.2) is 37.3 Å². The zero-order chi connectivity index (χ0) is 21.3. The number of unbranched alkanes of at least 4 members (excludes halogenated alkanes) is 1. The minimum atomic E-state index is 0.506. The summed E-state index contributed by atoms with van der Waals surface area (Å²) in [4.78, 5) is 21.5. The number of halogens is 1. The van der Waals surface area contributed by atoms with Crippen LogP contribution in [0.25, 0.3) is 0 Å². The number of aromatic nitrogens is 5. The molecule has 9 heteroatoms. The van der Waals surface area contributed by atoms with Gasteiger partial charge in [0.25, 0.3) is 0 Å². The smallest absolute Gasteiger partial charge is 0.187 e. The molecule has 0 aliphatic carbocycles. The average Bonchev–Trinajstić information content (AvgIpc) is 2.74. The Morgan fingerprint density at radius 2 is 1.83 bits per heavy atom. The van der Waals surface area contributed by atoms with Crippen molar-refractivity contribution in [1.29, 1.82) is 0 Å². The molecule has 1 N–H and O–H groups in total. The lowest BCUT2D eigenvalue weighted by molar-refractivity contribution is 0.307. The van der Waals surface area contributed by atoms with Crippen LogP contribution in [-0.2, 0) is 6.54 Å². The van der Waals surface area contributed by atoms with Crippen LogP contribution in [0.3, 0.4) is 0 Å². The van der Waals surface area contributed by atoms with Crippen molar-refractivity contribution in [3.05, 3.63) is 58.5 Å². The van der Waals surface area contributed by atoms with Gasteiger partial charge < -0.3 is 10.1 Å². The summed E-state index contributed by atoms with van der Waals surface area (Å²) >= 11 is 7.97. The molecule has 0 spiro atoms. The molecule has 0 aliphatic rings. The number of anilines is 1. The van der Waals surface area contributed by atoms with E-state index in [0.717, 1.165) is 46.5 Å². The maximum atomic E-state index is 6.31. The maximum Gasteiger partial charge on any atom is 0.187 e. The quantitative estimate of drug-likeness (QED) is 0.271. The fourth-order valence-electron chi connectivity index (χ4n) is 2.79. The molecule has 0 aliphatic heterocycles. The summed E-state index contributed by atoms with van der Waals surface area (Å²) in [6, 6.07) is 3.72. The molecule has 0 radical (unpaired) electrons. The first-order valence-corrected chi connectivity index (χ1v) is 11.1. The largest absolute Gasteiger partial charge is 0.493 e. The molecule has 3 aromatic rings. The second-order valence-electron chi connectivity index (χ2n) is 6.69. The van der Waals surface area contributed by atoms with Gasteiger partial charge in [-0.1, -0.05) is 23.4 Å². The lowest BCUT2D eigenvalue weighted by Gasteiger charge is -2.14. The van der Waals surface area contributed by atoms with Crippen molar-refractivity contribution in [1.82, 2.24) is 24.9 Å². The molecule has 0 amide bonds. The highest BCUT2D eigenvalue weighted by atomic mass is 35.5. The normalized spacial score (nSPS) is 10.8. The number of thioether (sulfide) groups is 1. The monoisotopic (exact) mass is 444 g/mol. The van der Waals surface area contributed by atoms with Crippen LogP contribution in [0.4, 0.5) is 5.82 Å². The summed E-state index contributed by atoms with van der Waals surface area (Å²) in [7, 11) is 0. The summed E-state index contributed by atoms with van der Waals surface area (Å²) in [5, 5.41) is 4.61. The van der Waals surface area contributed by atoms with Gasteiger partial charge in [-0.3, -0.25) is 4.98 Å². The van der Waals surface area contributed by atoms with Gasteiger partial charge in [0.1, 0.15) is 22.4 Å². The molecule has 30 heavy (non-hydrogen) atoms. The fraction of sp³-hybridized carbons (Fsp3) is 0.381. The van der Waals surface area contributed by atoms with Gasteiger partial charge in [-0.25, -0.2) is 19.9 Å². The highest BCUT2D eigenvalue weighted by Gasteiger charge is 2.11. The van der Waals surface area contributed by atoms with Gasteiger partial charge in [0, 0.05) is 29.9 Å². The van der Waals surface area contributed by atoms with E-state index in [9.17, 15) is 0 Å². The molecule has 3 aromatic heterocycles. The zero-order valence-electron chi connectivity index (χ0n) is 17.4.